The number of methoxy groups -OCH3 is 1. The Morgan fingerprint density at radius 1 is 0.970 bits per heavy atom. The van der Waals surface area contributed by atoms with Crippen molar-refractivity contribution in [1.82, 2.24) is 5.32 Å². The zero-order valence-electron chi connectivity index (χ0n) is 19.1. The van der Waals surface area contributed by atoms with Crippen LogP contribution in [0.2, 0.25) is 0 Å². The molecule has 1 aliphatic rings. The molecule has 33 heavy (non-hydrogen) atoms. The minimum Gasteiger partial charge on any atom is -0.468 e. The van der Waals surface area contributed by atoms with Crippen molar-refractivity contribution in [2.24, 2.45) is 0 Å². The summed E-state index contributed by atoms with van der Waals surface area (Å²) in [5, 5.41) is 2.69. The van der Waals surface area contributed by atoms with Gasteiger partial charge in [-0.05, 0) is 50.6 Å². The van der Waals surface area contributed by atoms with E-state index in [4.69, 9.17) is 9.47 Å². The molecule has 2 aromatic carbocycles. The Kier molecular flexibility index (Phi) is 7.01. The highest BCUT2D eigenvalue weighted by Crippen LogP contribution is 2.37. The molecule has 1 heterocycles. The second-order valence-electron chi connectivity index (χ2n) is 8.47. The number of anilines is 3. The summed E-state index contributed by atoms with van der Waals surface area (Å²) in [5.74, 6) is -1.49. The van der Waals surface area contributed by atoms with E-state index in [0.717, 1.165) is 5.56 Å². The summed E-state index contributed by atoms with van der Waals surface area (Å²) < 4.78 is 9.93. The van der Waals surface area contributed by atoms with Crippen LogP contribution in [0.3, 0.4) is 0 Å². The molecule has 1 aliphatic heterocycles. The highest BCUT2D eigenvalue weighted by molar-refractivity contribution is 6.18. The van der Waals surface area contributed by atoms with Gasteiger partial charge in [-0.25, -0.2) is 4.79 Å². The normalized spacial score (nSPS) is 13.8. The van der Waals surface area contributed by atoms with Gasteiger partial charge in [0.15, 0.2) is 0 Å². The predicted molar refractivity (Wildman–Crippen MR) is 122 cm³/mol. The Bertz CT molecular complexity index is 1060. The molecule has 2 aromatic rings. The summed E-state index contributed by atoms with van der Waals surface area (Å²) in [7, 11) is 1.24. The Morgan fingerprint density at radius 2 is 1.61 bits per heavy atom. The molecule has 0 fully saturated rings. The maximum atomic E-state index is 13.0. The van der Waals surface area contributed by atoms with Crippen LogP contribution in [0, 0.1) is 0 Å². The van der Waals surface area contributed by atoms with E-state index in [9.17, 15) is 19.2 Å². The van der Waals surface area contributed by atoms with Crippen LogP contribution in [0.5, 0.6) is 0 Å². The van der Waals surface area contributed by atoms with E-state index in [0.29, 0.717) is 17.1 Å². The first-order valence-corrected chi connectivity index (χ1v) is 10.4. The minimum atomic E-state index is -0.590. The number of benzene rings is 2. The fourth-order valence-corrected chi connectivity index (χ4v) is 3.36. The Balaban J connectivity index is 1.85. The zero-order valence-corrected chi connectivity index (χ0v) is 19.1. The number of esters is 1. The molecule has 9 nitrogen and oxygen atoms in total. The SMILES string of the molecule is COC(=O)CN1C(=O)CC(=O)N(c2ccc(CNC(=O)OC(C)(C)C)cc2)c2ccccc21. The molecule has 0 radical (unpaired) electrons. The number of para-hydroxylation sites is 2. The fraction of sp³-hybridized carbons (Fsp3) is 0.333. The number of hydrogen-bond donors (Lipinski definition) is 1. The summed E-state index contributed by atoms with van der Waals surface area (Å²) in [5.41, 5.74) is 1.70. The van der Waals surface area contributed by atoms with Crippen molar-refractivity contribution in [1.29, 1.82) is 0 Å². The van der Waals surface area contributed by atoms with Crippen LogP contribution in [0.4, 0.5) is 21.9 Å². The average Bonchev–Trinajstić information content (AvgIpc) is 2.85. The average molecular weight is 453 g/mol. The van der Waals surface area contributed by atoms with E-state index in [1.165, 1.54) is 16.9 Å². The highest BCUT2D eigenvalue weighted by atomic mass is 16.6. The van der Waals surface area contributed by atoms with Gasteiger partial charge in [0.1, 0.15) is 18.6 Å². The van der Waals surface area contributed by atoms with Crippen molar-refractivity contribution in [2.75, 3.05) is 23.5 Å². The molecule has 0 aliphatic carbocycles. The quantitative estimate of drug-likeness (QED) is 0.550. The molecule has 1 N–H and O–H groups in total. The molecule has 3 amide bonds. The van der Waals surface area contributed by atoms with E-state index in [1.54, 1.807) is 69.3 Å². The first-order valence-electron chi connectivity index (χ1n) is 10.4. The number of nitrogens with one attached hydrogen (secondary N) is 1. The third-order valence-corrected chi connectivity index (χ3v) is 4.81. The summed E-state index contributed by atoms with van der Waals surface area (Å²) in [4.78, 5) is 52.2. The number of fused-ring (bicyclic) bond motifs is 1. The Hall–Kier alpha value is -3.88. The van der Waals surface area contributed by atoms with Crippen LogP contribution in [0.1, 0.15) is 32.8 Å². The summed E-state index contributed by atoms with van der Waals surface area (Å²) in [6, 6.07) is 13.9. The molecule has 0 unspecified atom stereocenters. The second kappa shape index (κ2) is 9.72. The highest BCUT2D eigenvalue weighted by Gasteiger charge is 2.33. The molecule has 9 heteroatoms. The van der Waals surface area contributed by atoms with Crippen LogP contribution < -0.4 is 15.1 Å². The van der Waals surface area contributed by atoms with Gasteiger partial charge in [-0.1, -0.05) is 24.3 Å². The van der Waals surface area contributed by atoms with Gasteiger partial charge in [-0.2, -0.15) is 0 Å². The lowest BCUT2D eigenvalue weighted by Crippen LogP contribution is -2.36. The summed E-state index contributed by atoms with van der Waals surface area (Å²) >= 11 is 0. The molecule has 0 aromatic heterocycles. The first-order chi connectivity index (χ1) is 15.6. The van der Waals surface area contributed by atoms with E-state index in [1.807, 2.05) is 0 Å². The second-order valence-corrected chi connectivity index (χ2v) is 8.47. The molecule has 174 valence electrons. The van der Waals surface area contributed by atoms with Gasteiger partial charge >= 0.3 is 12.1 Å². The number of rotatable bonds is 5. The van der Waals surface area contributed by atoms with Gasteiger partial charge in [0, 0.05) is 12.2 Å². The number of carbonyl (C=O) groups is 4. The van der Waals surface area contributed by atoms with Crippen molar-refractivity contribution in [3.8, 4) is 0 Å². The van der Waals surface area contributed by atoms with Crippen molar-refractivity contribution in [3.05, 3.63) is 54.1 Å². The van der Waals surface area contributed by atoms with E-state index in [-0.39, 0.29) is 13.1 Å². The number of alkyl carbamates (subject to hydrolysis) is 1. The largest absolute Gasteiger partial charge is 0.468 e. The minimum absolute atomic E-state index is 0.255. The standard InChI is InChI=1S/C24H27N3O6/c1-24(2,3)33-23(31)25-14-16-9-11-17(12-10-16)27-19-8-6-5-7-18(19)26(15-22(30)32-4)20(28)13-21(27)29/h5-12H,13-15H2,1-4H3,(H,25,31). The Labute approximate surface area is 192 Å². The van der Waals surface area contributed by atoms with Crippen molar-refractivity contribution >= 4 is 40.9 Å². The predicted octanol–water partition coefficient (Wildman–Crippen LogP) is 3.29. The topological polar surface area (TPSA) is 105 Å². The zero-order chi connectivity index (χ0) is 24.2. The van der Waals surface area contributed by atoms with Gasteiger partial charge in [0.25, 0.3) is 0 Å². The molecule has 0 bridgehead atoms. The van der Waals surface area contributed by atoms with Crippen molar-refractivity contribution in [2.45, 2.75) is 39.3 Å². The molecule has 0 saturated heterocycles. The lowest BCUT2D eigenvalue weighted by molar-refractivity contribution is -0.140. The number of nitrogens with zero attached hydrogens (tertiary/aromatic N) is 2. The van der Waals surface area contributed by atoms with Crippen LogP contribution in [0.15, 0.2) is 48.5 Å². The van der Waals surface area contributed by atoms with Gasteiger partial charge in [-0.15, -0.1) is 0 Å². The Morgan fingerprint density at radius 3 is 2.21 bits per heavy atom. The maximum Gasteiger partial charge on any atom is 0.407 e. The van der Waals surface area contributed by atoms with E-state index < -0.39 is 35.9 Å². The maximum absolute atomic E-state index is 13.0. The van der Waals surface area contributed by atoms with Crippen LogP contribution in [-0.4, -0.2) is 43.1 Å². The van der Waals surface area contributed by atoms with Gasteiger partial charge in [0.2, 0.25) is 11.8 Å². The summed E-state index contributed by atoms with van der Waals surface area (Å²) in [6.45, 7) is 5.32. The summed E-state index contributed by atoms with van der Waals surface area (Å²) in [6.07, 6.45) is -0.916. The van der Waals surface area contributed by atoms with Gasteiger partial charge < -0.3 is 14.8 Å². The first kappa shape index (κ1) is 23.8. The molecule has 3 rings (SSSR count). The lowest BCUT2D eigenvalue weighted by atomic mass is 10.1. The van der Waals surface area contributed by atoms with E-state index >= 15 is 0 Å². The van der Waals surface area contributed by atoms with Gasteiger partial charge in [-0.3, -0.25) is 24.2 Å². The van der Waals surface area contributed by atoms with Crippen molar-refractivity contribution < 1.29 is 28.7 Å². The van der Waals surface area contributed by atoms with E-state index in [2.05, 4.69) is 5.32 Å². The fourth-order valence-electron chi connectivity index (χ4n) is 3.36. The number of amides is 3. The molecule has 0 saturated carbocycles. The molecule has 0 spiro atoms. The third-order valence-electron chi connectivity index (χ3n) is 4.81. The lowest BCUT2D eigenvalue weighted by Gasteiger charge is -2.25. The number of hydrogen-bond acceptors (Lipinski definition) is 6. The van der Waals surface area contributed by atoms with Crippen molar-refractivity contribution in [3.63, 3.8) is 0 Å². The van der Waals surface area contributed by atoms with Crippen LogP contribution >= 0.6 is 0 Å². The van der Waals surface area contributed by atoms with Gasteiger partial charge in [0.05, 0.1) is 18.5 Å². The van der Waals surface area contributed by atoms with Crippen LogP contribution in [-0.2, 0) is 30.4 Å². The van der Waals surface area contributed by atoms with Crippen LogP contribution in [0.25, 0.3) is 0 Å². The molecular formula is C24H27N3O6. The number of carbonyl (C=O) groups excluding carboxylic acids is 4. The smallest absolute Gasteiger partial charge is 0.407 e. The monoisotopic (exact) mass is 453 g/mol. The third kappa shape index (κ3) is 5.88. The molecular weight excluding hydrogens is 426 g/mol. The number of ether oxygens (including phenoxy) is 2. The molecule has 0 atom stereocenters.